The summed E-state index contributed by atoms with van der Waals surface area (Å²) in [6.07, 6.45) is 1.96. The number of carbonyl (C=O) groups is 3. The summed E-state index contributed by atoms with van der Waals surface area (Å²) in [6.45, 7) is 0.320. The molecule has 1 saturated heterocycles. The lowest BCUT2D eigenvalue weighted by Crippen LogP contribution is -2.37. The van der Waals surface area contributed by atoms with Crippen LogP contribution in [0.25, 0.3) is 6.08 Å². The molecule has 6 nitrogen and oxygen atoms in total. The van der Waals surface area contributed by atoms with Crippen LogP contribution in [-0.2, 0) is 9.59 Å². The SMILES string of the molecule is COc1ccc(C=C2SC(=O)N(CCNC(=O)CC(c3ccccc3)c3ccccc3)C2=O)cc1. The second-order valence-corrected chi connectivity index (χ2v) is 9.03. The molecule has 1 aliphatic heterocycles. The number of amides is 3. The zero-order valence-electron chi connectivity index (χ0n) is 19.3. The van der Waals surface area contributed by atoms with E-state index in [4.69, 9.17) is 4.74 Å². The second kappa shape index (κ2) is 11.5. The number of methoxy groups -OCH3 is 1. The van der Waals surface area contributed by atoms with Gasteiger partial charge in [0.05, 0.1) is 12.0 Å². The molecular formula is C28H26N2O4S. The Hall–Kier alpha value is -3.84. The van der Waals surface area contributed by atoms with E-state index < -0.39 is 0 Å². The van der Waals surface area contributed by atoms with Crippen LogP contribution in [0.2, 0.25) is 0 Å². The van der Waals surface area contributed by atoms with Crippen LogP contribution in [0.15, 0.2) is 89.8 Å². The minimum Gasteiger partial charge on any atom is -0.497 e. The van der Waals surface area contributed by atoms with Crippen LogP contribution in [-0.4, -0.2) is 42.2 Å². The van der Waals surface area contributed by atoms with Crippen molar-refractivity contribution in [1.82, 2.24) is 10.2 Å². The quantitative estimate of drug-likeness (QED) is 0.428. The summed E-state index contributed by atoms with van der Waals surface area (Å²) in [4.78, 5) is 39.5. The van der Waals surface area contributed by atoms with Crippen LogP contribution in [0.5, 0.6) is 5.75 Å². The van der Waals surface area contributed by atoms with E-state index in [2.05, 4.69) is 5.32 Å². The number of carbonyl (C=O) groups excluding carboxylic acids is 3. The summed E-state index contributed by atoms with van der Waals surface area (Å²) in [5.74, 6) is 0.148. The van der Waals surface area contributed by atoms with E-state index in [1.165, 1.54) is 4.90 Å². The first kappa shape index (κ1) is 24.3. The Morgan fingerprint density at radius 1 is 0.943 bits per heavy atom. The van der Waals surface area contributed by atoms with Crippen LogP contribution in [0.3, 0.4) is 0 Å². The Morgan fingerprint density at radius 2 is 1.54 bits per heavy atom. The highest BCUT2D eigenvalue weighted by Gasteiger charge is 2.34. The molecule has 1 N–H and O–H groups in total. The molecule has 0 aliphatic carbocycles. The predicted octanol–water partition coefficient (Wildman–Crippen LogP) is 5.07. The van der Waals surface area contributed by atoms with Crippen molar-refractivity contribution in [2.24, 2.45) is 0 Å². The summed E-state index contributed by atoms with van der Waals surface area (Å²) in [6, 6.07) is 27.0. The summed E-state index contributed by atoms with van der Waals surface area (Å²) in [7, 11) is 1.59. The minimum atomic E-state index is -0.350. The maximum Gasteiger partial charge on any atom is 0.293 e. The average molecular weight is 487 g/mol. The van der Waals surface area contributed by atoms with Gasteiger partial charge in [-0.25, -0.2) is 0 Å². The molecule has 0 radical (unpaired) electrons. The van der Waals surface area contributed by atoms with Gasteiger partial charge in [-0.05, 0) is 46.7 Å². The van der Waals surface area contributed by atoms with Crippen molar-refractivity contribution in [2.75, 3.05) is 20.2 Å². The number of benzene rings is 3. The highest BCUT2D eigenvalue weighted by Crippen LogP contribution is 2.32. The van der Waals surface area contributed by atoms with Gasteiger partial charge in [0.25, 0.3) is 11.1 Å². The van der Waals surface area contributed by atoms with E-state index in [0.29, 0.717) is 10.7 Å². The lowest BCUT2D eigenvalue weighted by Gasteiger charge is -2.18. The molecule has 0 spiro atoms. The van der Waals surface area contributed by atoms with Crippen molar-refractivity contribution < 1.29 is 19.1 Å². The summed E-state index contributed by atoms with van der Waals surface area (Å²) >= 11 is 0.905. The Bertz CT molecular complexity index is 1170. The molecule has 7 heteroatoms. The highest BCUT2D eigenvalue weighted by atomic mass is 32.2. The van der Waals surface area contributed by atoms with Gasteiger partial charge in [-0.3, -0.25) is 19.3 Å². The van der Waals surface area contributed by atoms with Crippen molar-refractivity contribution in [1.29, 1.82) is 0 Å². The van der Waals surface area contributed by atoms with Gasteiger partial charge >= 0.3 is 0 Å². The van der Waals surface area contributed by atoms with E-state index in [1.807, 2.05) is 72.8 Å². The van der Waals surface area contributed by atoms with E-state index in [9.17, 15) is 14.4 Å². The predicted molar refractivity (Wildman–Crippen MR) is 138 cm³/mol. The van der Waals surface area contributed by atoms with Gasteiger partial charge in [0.15, 0.2) is 0 Å². The molecule has 0 bridgehead atoms. The molecule has 3 amide bonds. The maximum atomic E-state index is 12.8. The third-order valence-corrected chi connectivity index (χ3v) is 6.65. The Morgan fingerprint density at radius 3 is 2.11 bits per heavy atom. The van der Waals surface area contributed by atoms with Crippen LogP contribution >= 0.6 is 11.8 Å². The maximum absolute atomic E-state index is 12.8. The molecule has 0 atom stereocenters. The molecule has 0 aromatic heterocycles. The molecule has 1 fully saturated rings. The lowest BCUT2D eigenvalue weighted by atomic mass is 9.88. The monoisotopic (exact) mass is 486 g/mol. The number of thioether (sulfide) groups is 1. The number of ether oxygens (including phenoxy) is 1. The standard InChI is InChI=1S/C28H26N2O4S/c1-34-23-14-12-20(13-15-23)18-25-27(32)30(28(33)35-25)17-16-29-26(31)19-24(21-8-4-2-5-9-21)22-10-6-3-7-11-22/h2-15,18,24H,16-17,19H2,1H3,(H,29,31). The van der Waals surface area contributed by atoms with Crippen molar-refractivity contribution in [3.05, 3.63) is 107 Å². The first-order valence-electron chi connectivity index (χ1n) is 11.3. The van der Waals surface area contributed by atoms with Crippen LogP contribution in [0.4, 0.5) is 4.79 Å². The molecule has 1 aliphatic rings. The number of rotatable bonds is 9. The van der Waals surface area contributed by atoms with Crippen LogP contribution in [0.1, 0.15) is 29.0 Å². The second-order valence-electron chi connectivity index (χ2n) is 8.03. The van der Waals surface area contributed by atoms with Gasteiger partial charge in [0.2, 0.25) is 5.91 Å². The van der Waals surface area contributed by atoms with Crippen molar-refractivity contribution in [2.45, 2.75) is 12.3 Å². The van der Waals surface area contributed by atoms with Gasteiger partial charge < -0.3 is 10.1 Å². The van der Waals surface area contributed by atoms with E-state index in [0.717, 1.165) is 28.5 Å². The smallest absolute Gasteiger partial charge is 0.293 e. The van der Waals surface area contributed by atoms with E-state index >= 15 is 0 Å². The number of hydrogen-bond acceptors (Lipinski definition) is 5. The average Bonchev–Trinajstić information content (AvgIpc) is 3.16. The van der Waals surface area contributed by atoms with Crippen molar-refractivity contribution in [3.8, 4) is 5.75 Å². The largest absolute Gasteiger partial charge is 0.497 e. The normalized spacial score (nSPS) is 14.6. The van der Waals surface area contributed by atoms with Gasteiger partial charge in [0, 0.05) is 25.4 Å². The Balaban J connectivity index is 1.34. The first-order valence-corrected chi connectivity index (χ1v) is 12.1. The van der Waals surface area contributed by atoms with Crippen molar-refractivity contribution in [3.63, 3.8) is 0 Å². The molecule has 178 valence electrons. The fraction of sp³-hybridized carbons (Fsp3) is 0.179. The fourth-order valence-electron chi connectivity index (χ4n) is 3.91. The number of hydrogen-bond donors (Lipinski definition) is 1. The number of imide groups is 1. The Labute approximate surface area is 209 Å². The lowest BCUT2D eigenvalue weighted by molar-refractivity contribution is -0.124. The van der Waals surface area contributed by atoms with E-state index in [1.54, 1.807) is 25.3 Å². The van der Waals surface area contributed by atoms with E-state index in [-0.39, 0.29) is 42.5 Å². The molecule has 0 unspecified atom stereocenters. The zero-order valence-corrected chi connectivity index (χ0v) is 20.2. The third kappa shape index (κ3) is 6.19. The summed E-state index contributed by atoms with van der Waals surface area (Å²) in [5.41, 5.74) is 2.92. The molecular weight excluding hydrogens is 460 g/mol. The first-order chi connectivity index (χ1) is 17.0. The molecule has 3 aromatic carbocycles. The summed E-state index contributed by atoms with van der Waals surface area (Å²) < 4.78 is 5.14. The molecule has 3 aromatic rings. The number of nitrogens with one attached hydrogen (secondary N) is 1. The van der Waals surface area contributed by atoms with Gasteiger partial charge in [-0.1, -0.05) is 72.8 Å². The molecule has 0 saturated carbocycles. The molecule has 1 heterocycles. The molecule has 35 heavy (non-hydrogen) atoms. The van der Waals surface area contributed by atoms with Crippen LogP contribution < -0.4 is 10.1 Å². The summed E-state index contributed by atoms with van der Waals surface area (Å²) in [5, 5.41) is 2.53. The molecule has 4 rings (SSSR count). The Kier molecular flexibility index (Phi) is 8.00. The minimum absolute atomic E-state index is 0.0814. The fourth-order valence-corrected chi connectivity index (χ4v) is 4.77. The van der Waals surface area contributed by atoms with Gasteiger partial charge in [-0.15, -0.1) is 0 Å². The van der Waals surface area contributed by atoms with Gasteiger partial charge in [-0.2, -0.15) is 0 Å². The highest BCUT2D eigenvalue weighted by molar-refractivity contribution is 8.18. The number of nitrogens with zero attached hydrogens (tertiary/aromatic N) is 1. The van der Waals surface area contributed by atoms with Crippen LogP contribution in [0, 0.1) is 0 Å². The van der Waals surface area contributed by atoms with Crippen molar-refractivity contribution >= 4 is 34.9 Å². The topological polar surface area (TPSA) is 75.7 Å². The third-order valence-electron chi connectivity index (χ3n) is 5.74. The van der Waals surface area contributed by atoms with Gasteiger partial charge in [0.1, 0.15) is 5.75 Å². The zero-order chi connectivity index (χ0) is 24.6.